The fraction of sp³-hybridized carbons (Fsp3) is 0.700. The van der Waals surface area contributed by atoms with Gasteiger partial charge in [0.25, 0.3) is 0 Å². The average molecular weight is 170 g/mol. The minimum atomic E-state index is -0.672. The van der Waals surface area contributed by atoms with Crippen LogP contribution in [0.2, 0.25) is 0 Å². The molecular formula is C10H18O2. The van der Waals surface area contributed by atoms with E-state index in [1.165, 1.54) is 0 Å². The summed E-state index contributed by atoms with van der Waals surface area (Å²) < 4.78 is 0. The molecule has 70 valence electrons. The van der Waals surface area contributed by atoms with Gasteiger partial charge in [-0.05, 0) is 25.7 Å². The van der Waals surface area contributed by atoms with Gasteiger partial charge in [0.2, 0.25) is 0 Å². The molecule has 0 aliphatic heterocycles. The van der Waals surface area contributed by atoms with Crippen molar-refractivity contribution >= 4 is 5.97 Å². The van der Waals surface area contributed by atoms with Crippen molar-refractivity contribution in [3.63, 3.8) is 0 Å². The van der Waals surface area contributed by atoms with E-state index < -0.39 is 5.97 Å². The Kier molecular flexibility index (Phi) is 5.43. The van der Waals surface area contributed by atoms with Crippen LogP contribution in [-0.4, -0.2) is 11.1 Å². The molecule has 0 radical (unpaired) electrons. The Labute approximate surface area is 74.3 Å². The smallest absolute Gasteiger partial charge is 0.306 e. The summed E-state index contributed by atoms with van der Waals surface area (Å²) in [4.78, 5) is 10.6. The first kappa shape index (κ1) is 11.2. The van der Waals surface area contributed by atoms with Gasteiger partial charge in [0.15, 0.2) is 0 Å². The fourth-order valence-corrected chi connectivity index (χ4v) is 1.30. The van der Waals surface area contributed by atoms with Crippen LogP contribution in [0.1, 0.15) is 33.6 Å². The maximum absolute atomic E-state index is 10.6. The summed E-state index contributed by atoms with van der Waals surface area (Å²) in [6.07, 6.45) is 5.48. The Hall–Kier alpha value is -0.790. The molecule has 0 saturated heterocycles. The molecule has 0 bridgehead atoms. The van der Waals surface area contributed by atoms with Gasteiger partial charge in [-0.15, -0.1) is 0 Å². The third-order valence-electron chi connectivity index (χ3n) is 2.02. The lowest BCUT2D eigenvalue weighted by Gasteiger charge is -2.12. The van der Waals surface area contributed by atoms with E-state index in [0.717, 1.165) is 12.8 Å². The second-order valence-corrected chi connectivity index (χ2v) is 3.18. The van der Waals surface area contributed by atoms with Crippen molar-refractivity contribution in [3.8, 4) is 0 Å². The third-order valence-corrected chi connectivity index (χ3v) is 2.02. The molecule has 0 aliphatic rings. The molecule has 0 aromatic rings. The first-order chi connectivity index (χ1) is 5.61. The monoisotopic (exact) mass is 170 g/mol. The fourth-order valence-electron chi connectivity index (χ4n) is 1.30. The molecule has 0 aliphatic carbocycles. The number of hydrogen-bond acceptors (Lipinski definition) is 1. The quantitative estimate of drug-likeness (QED) is 0.644. The van der Waals surface area contributed by atoms with Gasteiger partial charge in [-0.25, -0.2) is 0 Å². The summed E-state index contributed by atoms with van der Waals surface area (Å²) in [6, 6.07) is 0. The Balaban J connectivity index is 3.93. The minimum absolute atomic E-state index is 0.184. The lowest BCUT2D eigenvalue weighted by molar-refractivity contribution is -0.142. The molecular weight excluding hydrogens is 152 g/mol. The third kappa shape index (κ3) is 4.16. The lowest BCUT2D eigenvalue weighted by Crippen LogP contribution is -2.15. The topological polar surface area (TPSA) is 37.3 Å². The molecule has 2 atom stereocenters. The number of hydrogen-bond donors (Lipinski definition) is 1. The molecule has 2 unspecified atom stereocenters. The molecule has 2 heteroatoms. The van der Waals surface area contributed by atoms with Crippen molar-refractivity contribution < 1.29 is 9.90 Å². The summed E-state index contributed by atoms with van der Waals surface area (Å²) >= 11 is 0. The standard InChI is InChI=1S/C10H18O2/c1-4-6-8(3)7-9(5-2)10(11)12/h4,6,8-9H,5,7H2,1-3H3,(H,11,12). The zero-order chi connectivity index (χ0) is 9.56. The number of carboxylic acids is 1. The molecule has 0 spiro atoms. The SMILES string of the molecule is CC=CC(C)CC(CC)C(=O)O. The highest BCUT2D eigenvalue weighted by Gasteiger charge is 2.16. The maximum Gasteiger partial charge on any atom is 0.306 e. The average Bonchev–Trinajstić information content (AvgIpc) is 2.00. The molecule has 12 heavy (non-hydrogen) atoms. The largest absolute Gasteiger partial charge is 0.481 e. The van der Waals surface area contributed by atoms with Crippen molar-refractivity contribution in [3.05, 3.63) is 12.2 Å². The van der Waals surface area contributed by atoms with Crippen LogP contribution in [0, 0.1) is 11.8 Å². The predicted molar refractivity (Wildman–Crippen MR) is 50.0 cm³/mol. The van der Waals surface area contributed by atoms with Crippen LogP contribution in [0.25, 0.3) is 0 Å². The van der Waals surface area contributed by atoms with E-state index in [2.05, 4.69) is 0 Å². The molecule has 0 aromatic heterocycles. The van der Waals surface area contributed by atoms with Crippen molar-refractivity contribution in [1.82, 2.24) is 0 Å². The summed E-state index contributed by atoms with van der Waals surface area (Å²) in [5.74, 6) is -0.485. The Morgan fingerprint density at radius 3 is 2.50 bits per heavy atom. The molecule has 2 nitrogen and oxygen atoms in total. The molecule has 0 heterocycles. The van der Waals surface area contributed by atoms with Crippen LogP contribution >= 0.6 is 0 Å². The molecule has 0 fully saturated rings. The zero-order valence-electron chi connectivity index (χ0n) is 8.08. The van der Waals surface area contributed by atoms with Gasteiger partial charge in [0, 0.05) is 0 Å². The van der Waals surface area contributed by atoms with E-state index >= 15 is 0 Å². The highest BCUT2D eigenvalue weighted by molar-refractivity contribution is 5.69. The highest BCUT2D eigenvalue weighted by atomic mass is 16.4. The first-order valence-corrected chi connectivity index (χ1v) is 4.47. The maximum atomic E-state index is 10.6. The lowest BCUT2D eigenvalue weighted by atomic mass is 9.93. The normalized spacial score (nSPS) is 16.2. The van der Waals surface area contributed by atoms with Gasteiger partial charge in [0.05, 0.1) is 5.92 Å². The molecule has 0 rings (SSSR count). The summed E-state index contributed by atoms with van der Waals surface area (Å²) in [7, 11) is 0. The van der Waals surface area contributed by atoms with Gasteiger partial charge in [-0.2, -0.15) is 0 Å². The van der Waals surface area contributed by atoms with Crippen molar-refractivity contribution in [1.29, 1.82) is 0 Å². The van der Waals surface area contributed by atoms with E-state index in [1.54, 1.807) is 0 Å². The molecule has 0 amide bonds. The highest BCUT2D eigenvalue weighted by Crippen LogP contribution is 2.16. The van der Waals surface area contributed by atoms with E-state index in [-0.39, 0.29) is 5.92 Å². The summed E-state index contributed by atoms with van der Waals surface area (Å²) in [6.45, 7) is 5.92. The van der Waals surface area contributed by atoms with E-state index in [0.29, 0.717) is 5.92 Å². The number of rotatable bonds is 5. The minimum Gasteiger partial charge on any atom is -0.481 e. The second-order valence-electron chi connectivity index (χ2n) is 3.18. The molecule has 0 saturated carbocycles. The van der Waals surface area contributed by atoms with Crippen molar-refractivity contribution in [2.75, 3.05) is 0 Å². The van der Waals surface area contributed by atoms with Gasteiger partial charge < -0.3 is 5.11 Å². The van der Waals surface area contributed by atoms with Gasteiger partial charge in [0.1, 0.15) is 0 Å². The summed E-state index contributed by atoms with van der Waals surface area (Å²) in [5.41, 5.74) is 0. The number of aliphatic carboxylic acids is 1. The zero-order valence-corrected chi connectivity index (χ0v) is 8.08. The molecule has 1 N–H and O–H groups in total. The van der Waals surface area contributed by atoms with Gasteiger partial charge in [-0.3, -0.25) is 4.79 Å². The van der Waals surface area contributed by atoms with Gasteiger partial charge in [-0.1, -0.05) is 26.0 Å². The predicted octanol–water partition coefficient (Wildman–Crippen LogP) is 2.70. The number of carbonyl (C=O) groups is 1. The second kappa shape index (κ2) is 5.81. The van der Waals surface area contributed by atoms with Gasteiger partial charge >= 0.3 is 5.97 Å². The van der Waals surface area contributed by atoms with E-state index in [9.17, 15) is 4.79 Å². The van der Waals surface area contributed by atoms with E-state index in [4.69, 9.17) is 5.11 Å². The van der Waals surface area contributed by atoms with Crippen LogP contribution in [0.3, 0.4) is 0 Å². The number of carboxylic acid groups (broad SMARTS) is 1. The number of allylic oxidation sites excluding steroid dienone is 2. The first-order valence-electron chi connectivity index (χ1n) is 4.47. The van der Waals surface area contributed by atoms with Crippen LogP contribution in [0.4, 0.5) is 0 Å². The van der Waals surface area contributed by atoms with Crippen LogP contribution in [0.5, 0.6) is 0 Å². The Morgan fingerprint density at radius 1 is 1.58 bits per heavy atom. The molecule has 0 aromatic carbocycles. The van der Waals surface area contributed by atoms with E-state index in [1.807, 2.05) is 32.9 Å². The van der Waals surface area contributed by atoms with Crippen molar-refractivity contribution in [2.45, 2.75) is 33.6 Å². The van der Waals surface area contributed by atoms with Crippen LogP contribution < -0.4 is 0 Å². The Morgan fingerprint density at radius 2 is 2.17 bits per heavy atom. The van der Waals surface area contributed by atoms with Crippen molar-refractivity contribution in [2.24, 2.45) is 11.8 Å². The Bertz CT molecular complexity index is 161. The van der Waals surface area contributed by atoms with Crippen LogP contribution in [0.15, 0.2) is 12.2 Å². The summed E-state index contributed by atoms with van der Waals surface area (Å²) in [5, 5.41) is 8.77. The van der Waals surface area contributed by atoms with Crippen LogP contribution in [-0.2, 0) is 4.79 Å².